The predicted octanol–water partition coefficient (Wildman–Crippen LogP) is 3.71. The Morgan fingerprint density at radius 1 is 1.41 bits per heavy atom. The minimum atomic E-state index is -0.642. The Morgan fingerprint density at radius 2 is 2.00 bits per heavy atom. The molecule has 100 valence electrons. The standard InChI is InChI=1S/C14H27NO2/c1-6-8-14(5)9-7-11(17-12(15)16)10(2)13(14,3)4/h10-11H,6-9H2,1-5H3,(H2,15,16). The molecule has 3 nitrogen and oxygen atoms in total. The fourth-order valence-electron chi connectivity index (χ4n) is 3.36. The molecule has 1 fully saturated rings. The van der Waals surface area contributed by atoms with Crippen LogP contribution < -0.4 is 5.73 Å². The Labute approximate surface area is 105 Å². The van der Waals surface area contributed by atoms with Crippen LogP contribution in [0.3, 0.4) is 0 Å². The predicted molar refractivity (Wildman–Crippen MR) is 69.7 cm³/mol. The molecule has 0 aromatic rings. The topological polar surface area (TPSA) is 52.3 Å². The summed E-state index contributed by atoms with van der Waals surface area (Å²) in [6.07, 6.45) is 3.81. The third kappa shape index (κ3) is 2.58. The van der Waals surface area contributed by atoms with Crippen molar-refractivity contribution in [3.63, 3.8) is 0 Å². The molecule has 0 saturated heterocycles. The van der Waals surface area contributed by atoms with Crippen molar-refractivity contribution in [3.8, 4) is 0 Å². The van der Waals surface area contributed by atoms with E-state index in [1.165, 1.54) is 12.8 Å². The van der Waals surface area contributed by atoms with Gasteiger partial charge in [0.15, 0.2) is 0 Å². The molecular weight excluding hydrogens is 214 g/mol. The van der Waals surface area contributed by atoms with E-state index < -0.39 is 6.09 Å². The summed E-state index contributed by atoms with van der Waals surface area (Å²) in [5, 5.41) is 0. The van der Waals surface area contributed by atoms with Crippen molar-refractivity contribution in [1.82, 2.24) is 0 Å². The van der Waals surface area contributed by atoms with Crippen molar-refractivity contribution in [2.75, 3.05) is 0 Å². The molecule has 0 heterocycles. The fraction of sp³-hybridized carbons (Fsp3) is 0.929. The van der Waals surface area contributed by atoms with Gasteiger partial charge in [0.05, 0.1) is 0 Å². The zero-order chi connectivity index (χ0) is 13.3. The molecule has 0 aromatic heterocycles. The lowest BCUT2D eigenvalue weighted by atomic mass is 9.52. The van der Waals surface area contributed by atoms with Gasteiger partial charge in [0.2, 0.25) is 0 Å². The van der Waals surface area contributed by atoms with Crippen molar-refractivity contribution in [2.45, 2.75) is 66.4 Å². The largest absolute Gasteiger partial charge is 0.446 e. The van der Waals surface area contributed by atoms with Gasteiger partial charge in [-0.15, -0.1) is 0 Å². The van der Waals surface area contributed by atoms with Crippen LogP contribution in [0, 0.1) is 16.7 Å². The molecule has 17 heavy (non-hydrogen) atoms. The highest BCUT2D eigenvalue weighted by Gasteiger charge is 2.50. The van der Waals surface area contributed by atoms with Crippen LogP contribution in [0.15, 0.2) is 0 Å². The minimum absolute atomic E-state index is 0.0209. The summed E-state index contributed by atoms with van der Waals surface area (Å²) < 4.78 is 5.25. The zero-order valence-corrected chi connectivity index (χ0v) is 11.9. The van der Waals surface area contributed by atoms with Crippen molar-refractivity contribution >= 4 is 6.09 Å². The van der Waals surface area contributed by atoms with Crippen molar-refractivity contribution < 1.29 is 9.53 Å². The number of carbonyl (C=O) groups excluding carboxylic acids is 1. The third-order valence-corrected chi connectivity index (χ3v) is 5.30. The molecule has 0 radical (unpaired) electrons. The number of nitrogens with two attached hydrogens (primary N) is 1. The van der Waals surface area contributed by atoms with E-state index in [2.05, 4.69) is 34.6 Å². The third-order valence-electron chi connectivity index (χ3n) is 5.30. The van der Waals surface area contributed by atoms with E-state index in [1.54, 1.807) is 0 Å². The molecule has 0 spiro atoms. The van der Waals surface area contributed by atoms with Crippen LogP contribution in [-0.4, -0.2) is 12.2 Å². The first-order chi connectivity index (χ1) is 7.74. The highest BCUT2D eigenvalue weighted by atomic mass is 16.6. The first-order valence-corrected chi connectivity index (χ1v) is 6.70. The van der Waals surface area contributed by atoms with Gasteiger partial charge in [0.1, 0.15) is 6.10 Å². The van der Waals surface area contributed by atoms with Gasteiger partial charge in [-0.3, -0.25) is 0 Å². The van der Waals surface area contributed by atoms with Gasteiger partial charge in [-0.2, -0.15) is 0 Å². The summed E-state index contributed by atoms with van der Waals surface area (Å²) in [5.41, 5.74) is 5.64. The Balaban J connectivity index is 2.86. The van der Waals surface area contributed by atoms with Gasteiger partial charge in [-0.25, -0.2) is 4.79 Å². The highest BCUT2D eigenvalue weighted by Crippen LogP contribution is 2.56. The maximum absolute atomic E-state index is 10.9. The van der Waals surface area contributed by atoms with Crippen LogP contribution in [0.5, 0.6) is 0 Å². The van der Waals surface area contributed by atoms with E-state index in [-0.39, 0.29) is 11.5 Å². The summed E-state index contributed by atoms with van der Waals surface area (Å²) in [4.78, 5) is 10.9. The average Bonchev–Trinajstić information content (AvgIpc) is 2.21. The van der Waals surface area contributed by atoms with E-state index >= 15 is 0 Å². The molecule has 2 N–H and O–H groups in total. The molecule has 0 aliphatic heterocycles. The molecule has 3 atom stereocenters. The molecule has 3 unspecified atom stereocenters. The quantitative estimate of drug-likeness (QED) is 0.818. The average molecular weight is 241 g/mol. The van der Waals surface area contributed by atoms with Gasteiger partial charge in [0.25, 0.3) is 0 Å². The molecule has 0 bridgehead atoms. The normalized spacial score (nSPS) is 36.5. The molecule has 1 aliphatic rings. The first-order valence-electron chi connectivity index (χ1n) is 6.70. The van der Waals surface area contributed by atoms with Crippen molar-refractivity contribution in [1.29, 1.82) is 0 Å². The van der Waals surface area contributed by atoms with E-state index in [1.807, 2.05) is 0 Å². The lowest BCUT2D eigenvalue weighted by molar-refractivity contribution is -0.0935. The molecule has 1 aliphatic carbocycles. The van der Waals surface area contributed by atoms with Crippen LogP contribution in [0.4, 0.5) is 4.79 Å². The maximum atomic E-state index is 10.9. The smallest absolute Gasteiger partial charge is 0.404 e. The summed E-state index contributed by atoms with van der Waals surface area (Å²) in [5.74, 6) is 0.347. The van der Waals surface area contributed by atoms with Crippen LogP contribution in [0.1, 0.15) is 60.3 Å². The lowest BCUT2D eigenvalue weighted by Gasteiger charge is -2.54. The molecule has 0 aromatic carbocycles. The number of carbonyl (C=O) groups is 1. The Kier molecular flexibility index (Phi) is 4.11. The van der Waals surface area contributed by atoms with E-state index in [0.29, 0.717) is 11.3 Å². The molecule has 1 saturated carbocycles. The van der Waals surface area contributed by atoms with Gasteiger partial charge < -0.3 is 10.5 Å². The summed E-state index contributed by atoms with van der Waals surface area (Å²) in [7, 11) is 0. The first kappa shape index (κ1) is 14.3. The second-order valence-corrected chi connectivity index (χ2v) is 6.34. The van der Waals surface area contributed by atoms with Crippen LogP contribution in [0.2, 0.25) is 0 Å². The van der Waals surface area contributed by atoms with Crippen molar-refractivity contribution in [2.24, 2.45) is 22.5 Å². The summed E-state index contributed by atoms with van der Waals surface area (Å²) in [6.45, 7) is 11.4. The molecule has 3 heteroatoms. The summed E-state index contributed by atoms with van der Waals surface area (Å²) in [6, 6.07) is 0. The summed E-state index contributed by atoms with van der Waals surface area (Å²) >= 11 is 0. The Hall–Kier alpha value is -0.730. The fourth-order valence-corrected chi connectivity index (χ4v) is 3.36. The lowest BCUT2D eigenvalue weighted by Crippen LogP contribution is -2.50. The number of hydrogen-bond donors (Lipinski definition) is 1. The highest BCUT2D eigenvalue weighted by molar-refractivity contribution is 5.64. The van der Waals surface area contributed by atoms with Crippen LogP contribution in [0.25, 0.3) is 0 Å². The number of rotatable bonds is 3. The number of hydrogen-bond acceptors (Lipinski definition) is 2. The van der Waals surface area contributed by atoms with E-state index in [0.717, 1.165) is 12.8 Å². The molecular formula is C14H27NO2. The second kappa shape index (κ2) is 4.87. The minimum Gasteiger partial charge on any atom is -0.446 e. The van der Waals surface area contributed by atoms with E-state index in [4.69, 9.17) is 10.5 Å². The monoisotopic (exact) mass is 241 g/mol. The Morgan fingerprint density at radius 3 is 2.47 bits per heavy atom. The van der Waals surface area contributed by atoms with Crippen LogP contribution >= 0.6 is 0 Å². The maximum Gasteiger partial charge on any atom is 0.404 e. The van der Waals surface area contributed by atoms with E-state index in [9.17, 15) is 4.79 Å². The van der Waals surface area contributed by atoms with Crippen molar-refractivity contribution in [3.05, 3.63) is 0 Å². The molecule has 1 amide bonds. The zero-order valence-electron chi connectivity index (χ0n) is 11.9. The second-order valence-electron chi connectivity index (χ2n) is 6.34. The van der Waals surface area contributed by atoms with Crippen LogP contribution in [-0.2, 0) is 4.74 Å². The van der Waals surface area contributed by atoms with Gasteiger partial charge in [0, 0.05) is 0 Å². The van der Waals surface area contributed by atoms with Gasteiger partial charge in [-0.05, 0) is 36.0 Å². The van der Waals surface area contributed by atoms with Gasteiger partial charge >= 0.3 is 6.09 Å². The number of amides is 1. The number of primary amides is 1. The van der Waals surface area contributed by atoms with Gasteiger partial charge in [-0.1, -0.05) is 41.0 Å². The molecule has 1 rings (SSSR count). The Bertz CT molecular complexity index is 288. The number of ether oxygens (including phenoxy) is 1. The SMILES string of the molecule is CCCC1(C)CCC(OC(N)=O)C(C)C1(C)C.